The molecule has 42 heavy (non-hydrogen) atoms. The Morgan fingerprint density at radius 3 is 2.57 bits per heavy atom. The maximum atomic E-state index is 11.9. The van der Waals surface area contributed by atoms with E-state index in [9.17, 15) is 9.90 Å². The van der Waals surface area contributed by atoms with Crippen LogP contribution in [0.25, 0.3) is 33.8 Å². The summed E-state index contributed by atoms with van der Waals surface area (Å²) in [7, 11) is 1.69. The Balaban J connectivity index is 0.000000470. The topological polar surface area (TPSA) is 85.6 Å². The molecule has 4 heterocycles. The highest BCUT2D eigenvalue weighted by atomic mass is 32.1. The first-order chi connectivity index (χ1) is 20.5. The summed E-state index contributed by atoms with van der Waals surface area (Å²) >= 11 is 4.71. The number of methoxy groups -OCH3 is 1. The summed E-state index contributed by atoms with van der Waals surface area (Å²) in [4.78, 5) is 17.4. The van der Waals surface area contributed by atoms with E-state index in [0.717, 1.165) is 83.1 Å². The lowest BCUT2D eigenvalue weighted by molar-refractivity contribution is 0.0697. The van der Waals surface area contributed by atoms with E-state index in [4.69, 9.17) is 22.1 Å². The third-order valence-corrected chi connectivity index (χ3v) is 8.83. The van der Waals surface area contributed by atoms with Crippen molar-refractivity contribution in [3.63, 3.8) is 0 Å². The molecule has 3 aliphatic rings. The zero-order valence-electron chi connectivity index (χ0n) is 23.9. The van der Waals surface area contributed by atoms with Crippen molar-refractivity contribution in [1.82, 2.24) is 14.9 Å². The molecule has 2 N–H and O–H groups in total. The van der Waals surface area contributed by atoms with Gasteiger partial charge in [0.2, 0.25) is 0 Å². The van der Waals surface area contributed by atoms with Gasteiger partial charge in [0.1, 0.15) is 5.75 Å². The zero-order chi connectivity index (χ0) is 29.1. The van der Waals surface area contributed by atoms with Gasteiger partial charge < -0.3 is 24.5 Å². The van der Waals surface area contributed by atoms with Crippen molar-refractivity contribution in [3.05, 3.63) is 77.1 Å². The number of nitrogens with zero attached hydrogens (tertiary/aromatic N) is 2. The number of ether oxygens (including phenoxy) is 2. The van der Waals surface area contributed by atoms with Gasteiger partial charge in [0.25, 0.3) is 0 Å². The number of morpholine rings is 1. The van der Waals surface area contributed by atoms with E-state index in [2.05, 4.69) is 33.1 Å². The van der Waals surface area contributed by atoms with Crippen molar-refractivity contribution in [1.29, 1.82) is 0 Å². The van der Waals surface area contributed by atoms with Crippen molar-refractivity contribution in [2.45, 2.75) is 49.5 Å². The number of rotatable bonds is 4. The minimum Gasteiger partial charge on any atom is -0.497 e. The lowest BCUT2D eigenvalue weighted by atomic mass is 9.81. The summed E-state index contributed by atoms with van der Waals surface area (Å²) in [6.45, 7) is 4.41. The van der Waals surface area contributed by atoms with E-state index in [0.29, 0.717) is 18.0 Å². The largest absolute Gasteiger partial charge is 0.497 e. The standard InChI is InChI=1S/C30H28N2O3S.C4H9NO/c1-35-22-10-12-23-20(15-22)14-21(28-26(36)8-5-13-31-28)17-32-25-16-19(30(33)34)9-11-24(25)27(29(23)32)18-6-3-2-4-7-18;1-3-6-4-2-5-1/h5,8-16,18,36H,2-4,6-7,17H2,1H3,(H,33,34);5H,1-4H2. The highest BCUT2D eigenvalue weighted by Crippen LogP contribution is 2.47. The molecule has 0 unspecified atom stereocenters. The van der Waals surface area contributed by atoms with Crippen molar-refractivity contribution in [2.24, 2.45) is 0 Å². The molecule has 0 amide bonds. The van der Waals surface area contributed by atoms with Crippen LogP contribution >= 0.6 is 12.6 Å². The van der Waals surface area contributed by atoms with Crippen LogP contribution in [0.4, 0.5) is 0 Å². The van der Waals surface area contributed by atoms with Gasteiger partial charge in [-0.3, -0.25) is 4.98 Å². The van der Waals surface area contributed by atoms with E-state index in [1.807, 2.05) is 30.3 Å². The van der Waals surface area contributed by atoms with Crippen LogP contribution < -0.4 is 10.1 Å². The van der Waals surface area contributed by atoms with Gasteiger partial charge in [0.15, 0.2) is 0 Å². The number of pyridine rings is 1. The Kier molecular flexibility index (Phi) is 8.65. The predicted octanol–water partition coefficient (Wildman–Crippen LogP) is 6.91. The van der Waals surface area contributed by atoms with Gasteiger partial charge in [-0.05, 0) is 84.0 Å². The van der Waals surface area contributed by atoms with Crippen LogP contribution in [0.3, 0.4) is 0 Å². The van der Waals surface area contributed by atoms with Crippen LogP contribution in [-0.4, -0.2) is 54.0 Å². The second-order valence-electron chi connectivity index (χ2n) is 11.1. The average molecular weight is 584 g/mol. The highest BCUT2D eigenvalue weighted by molar-refractivity contribution is 7.80. The first-order valence-electron chi connectivity index (χ1n) is 14.8. The number of benzene rings is 2. The summed E-state index contributed by atoms with van der Waals surface area (Å²) < 4.78 is 12.9. The molecule has 1 aliphatic carbocycles. The predicted molar refractivity (Wildman–Crippen MR) is 170 cm³/mol. The fourth-order valence-corrected chi connectivity index (χ4v) is 6.77. The minimum atomic E-state index is -0.913. The van der Waals surface area contributed by atoms with Gasteiger partial charge >= 0.3 is 5.97 Å². The molecule has 7 nitrogen and oxygen atoms in total. The van der Waals surface area contributed by atoms with Crippen LogP contribution in [0.2, 0.25) is 0 Å². The monoisotopic (exact) mass is 583 g/mol. The van der Waals surface area contributed by atoms with Crippen molar-refractivity contribution >= 4 is 41.2 Å². The van der Waals surface area contributed by atoms with Gasteiger partial charge in [0.05, 0.1) is 43.8 Å². The molecule has 1 saturated heterocycles. The average Bonchev–Trinajstić information content (AvgIpc) is 3.25. The maximum Gasteiger partial charge on any atom is 0.335 e. The number of hydrogen-bond acceptors (Lipinski definition) is 6. The molecule has 8 heteroatoms. The molecule has 2 aliphatic heterocycles. The lowest BCUT2D eigenvalue weighted by Crippen LogP contribution is -2.30. The molecule has 0 atom stereocenters. The maximum absolute atomic E-state index is 11.9. The number of aromatic carboxylic acids is 1. The van der Waals surface area contributed by atoms with Crippen LogP contribution in [0.1, 0.15) is 65.2 Å². The van der Waals surface area contributed by atoms with Crippen molar-refractivity contribution < 1.29 is 19.4 Å². The summed E-state index contributed by atoms with van der Waals surface area (Å²) in [6, 6.07) is 15.7. The molecule has 2 aromatic carbocycles. The van der Waals surface area contributed by atoms with Gasteiger partial charge in [-0.2, -0.15) is 0 Å². The van der Waals surface area contributed by atoms with Crippen LogP contribution in [0.15, 0.2) is 59.6 Å². The van der Waals surface area contributed by atoms with Crippen LogP contribution in [-0.2, 0) is 11.3 Å². The van der Waals surface area contributed by atoms with Gasteiger partial charge in [-0.25, -0.2) is 4.79 Å². The number of nitrogens with one attached hydrogen (secondary N) is 1. The molecular formula is C34H37N3O4S. The molecule has 4 aromatic rings. The normalized spacial score (nSPS) is 16.9. The van der Waals surface area contributed by atoms with Crippen LogP contribution in [0, 0.1) is 0 Å². The summed E-state index contributed by atoms with van der Waals surface area (Å²) in [5, 5.41) is 14.1. The van der Waals surface area contributed by atoms with E-state index in [1.54, 1.807) is 19.4 Å². The molecule has 2 aromatic heterocycles. The van der Waals surface area contributed by atoms with Gasteiger partial charge in [0, 0.05) is 40.6 Å². The lowest BCUT2D eigenvalue weighted by Gasteiger charge is -2.24. The Bertz CT molecular complexity index is 1620. The SMILES string of the molecule is C1COCCN1.COc1ccc2c(c1)C=C(c1ncccc1S)Cn1c-2c(C2CCCCC2)c2ccc(C(=O)O)cc21. The number of aromatic nitrogens is 2. The highest BCUT2D eigenvalue weighted by Gasteiger charge is 2.30. The minimum absolute atomic E-state index is 0.301. The Morgan fingerprint density at radius 1 is 1.10 bits per heavy atom. The number of carbonyl (C=O) groups is 1. The molecule has 218 valence electrons. The third-order valence-electron chi connectivity index (χ3n) is 8.47. The fraction of sp³-hybridized carbons (Fsp3) is 0.353. The first kappa shape index (κ1) is 28.5. The number of carboxylic acids is 1. The molecule has 0 bridgehead atoms. The van der Waals surface area contributed by atoms with Crippen molar-refractivity contribution in [3.8, 4) is 17.0 Å². The molecule has 0 spiro atoms. The smallest absolute Gasteiger partial charge is 0.335 e. The van der Waals surface area contributed by atoms with Crippen LogP contribution in [0.5, 0.6) is 5.75 Å². The van der Waals surface area contributed by atoms with Gasteiger partial charge in [-0.1, -0.05) is 25.3 Å². The third kappa shape index (κ3) is 5.71. The Labute approximate surface area is 252 Å². The van der Waals surface area contributed by atoms with Crippen molar-refractivity contribution in [2.75, 3.05) is 33.4 Å². The number of fused-ring (bicyclic) bond motifs is 5. The number of hydrogen-bond donors (Lipinski definition) is 3. The first-order valence-corrected chi connectivity index (χ1v) is 15.2. The number of carboxylic acid groups (broad SMARTS) is 1. The summed E-state index contributed by atoms with van der Waals surface area (Å²) in [6.07, 6.45) is 10.00. The zero-order valence-corrected chi connectivity index (χ0v) is 24.8. The number of thiol groups is 1. The molecule has 0 radical (unpaired) electrons. The van der Waals surface area contributed by atoms with Gasteiger partial charge in [-0.15, -0.1) is 12.6 Å². The second kappa shape index (κ2) is 12.7. The Hall–Kier alpha value is -3.59. The second-order valence-corrected chi connectivity index (χ2v) is 11.6. The Morgan fingerprint density at radius 2 is 1.90 bits per heavy atom. The quantitative estimate of drug-likeness (QED) is 0.227. The number of allylic oxidation sites excluding steroid dienone is 1. The summed E-state index contributed by atoms with van der Waals surface area (Å²) in [5.41, 5.74) is 7.84. The van der Waals surface area contributed by atoms with E-state index < -0.39 is 5.97 Å². The van der Waals surface area contributed by atoms with E-state index in [1.165, 1.54) is 30.5 Å². The molecule has 2 fully saturated rings. The van der Waals surface area contributed by atoms with E-state index in [-0.39, 0.29) is 0 Å². The molecule has 1 saturated carbocycles. The summed E-state index contributed by atoms with van der Waals surface area (Å²) in [5.74, 6) is 0.330. The van der Waals surface area contributed by atoms with E-state index >= 15 is 0 Å². The molecule has 7 rings (SSSR count). The molecular weight excluding hydrogens is 546 g/mol. The fourth-order valence-electron chi connectivity index (χ4n) is 6.48.